The molecule has 3 heterocycles. The SMILES string of the molecule is CCc1cc(=O)n(CC(=O)N2CCN(c3ccc(F)cc3)CC2)c(N2CCOCC2)n1. The van der Waals surface area contributed by atoms with Gasteiger partial charge in [0.15, 0.2) is 0 Å². The summed E-state index contributed by atoms with van der Waals surface area (Å²) in [5.41, 5.74) is 1.47. The second kappa shape index (κ2) is 9.47. The third-order valence-electron chi connectivity index (χ3n) is 5.81. The van der Waals surface area contributed by atoms with Crippen LogP contribution in [0.1, 0.15) is 12.6 Å². The van der Waals surface area contributed by atoms with E-state index >= 15 is 0 Å². The number of nitrogens with zero attached hydrogens (tertiary/aromatic N) is 5. The highest BCUT2D eigenvalue weighted by atomic mass is 19.1. The normalized spacial score (nSPS) is 17.2. The average molecular weight is 429 g/mol. The number of halogens is 1. The standard InChI is InChI=1S/C22H28FN5O3/c1-2-18-15-20(29)28(22(24-18)27-11-13-31-14-12-27)16-21(30)26-9-7-25(8-10-26)19-5-3-17(23)4-6-19/h3-6,15H,2,7-14,16H2,1H3. The van der Waals surface area contributed by atoms with Gasteiger partial charge in [0.1, 0.15) is 12.4 Å². The summed E-state index contributed by atoms with van der Waals surface area (Å²) in [5, 5.41) is 0. The van der Waals surface area contributed by atoms with E-state index in [2.05, 4.69) is 9.88 Å². The Morgan fingerprint density at radius 1 is 1.03 bits per heavy atom. The summed E-state index contributed by atoms with van der Waals surface area (Å²) in [4.78, 5) is 36.4. The maximum Gasteiger partial charge on any atom is 0.255 e. The van der Waals surface area contributed by atoms with Gasteiger partial charge in [-0.05, 0) is 30.7 Å². The molecule has 2 saturated heterocycles. The number of piperazine rings is 1. The van der Waals surface area contributed by atoms with Crippen LogP contribution >= 0.6 is 0 Å². The first-order chi connectivity index (χ1) is 15.0. The molecule has 0 N–H and O–H groups in total. The van der Waals surface area contributed by atoms with Crippen molar-refractivity contribution in [3.8, 4) is 0 Å². The van der Waals surface area contributed by atoms with Crippen molar-refractivity contribution >= 4 is 17.5 Å². The molecule has 1 aromatic carbocycles. The van der Waals surface area contributed by atoms with Gasteiger partial charge in [-0.1, -0.05) is 6.92 Å². The molecule has 166 valence electrons. The van der Waals surface area contributed by atoms with E-state index in [1.165, 1.54) is 22.8 Å². The van der Waals surface area contributed by atoms with E-state index in [0.29, 0.717) is 64.9 Å². The lowest BCUT2D eigenvalue weighted by Crippen LogP contribution is -2.50. The van der Waals surface area contributed by atoms with Gasteiger partial charge in [-0.15, -0.1) is 0 Å². The Morgan fingerprint density at radius 2 is 1.71 bits per heavy atom. The average Bonchev–Trinajstić information content (AvgIpc) is 2.81. The first-order valence-corrected chi connectivity index (χ1v) is 10.8. The van der Waals surface area contributed by atoms with E-state index in [-0.39, 0.29) is 23.8 Å². The zero-order chi connectivity index (χ0) is 21.8. The van der Waals surface area contributed by atoms with Gasteiger partial charge >= 0.3 is 0 Å². The quantitative estimate of drug-likeness (QED) is 0.710. The van der Waals surface area contributed by atoms with Gasteiger partial charge in [0, 0.05) is 56.7 Å². The zero-order valence-corrected chi connectivity index (χ0v) is 17.8. The van der Waals surface area contributed by atoms with Crippen LogP contribution in [0.15, 0.2) is 35.1 Å². The number of aryl methyl sites for hydroxylation is 1. The molecule has 9 heteroatoms. The molecule has 1 amide bonds. The summed E-state index contributed by atoms with van der Waals surface area (Å²) in [7, 11) is 0. The van der Waals surface area contributed by atoms with Crippen LogP contribution < -0.4 is 15.4 Å². The first kappa shape index (κ1) is 21.3. The predicted molar refractivity (Wildman–Crippen MR) is 116 cm³/mol. The Morgan fingerprint density at radius 3 is 2.35 bits per heavy atom. The molecule has 0 aliphatic carbocycles. The van der Waals surface area contributed by atoms with Crippen molar-refractivity contribution in [2.45, 2.75) is 19.9 Å². The van der Waals surface area contributed by atoms with E-state index < -0.39 is 0 Å². The number of amides is 1. The number of carbonyl (C=O) groups excluding carboxylic acids is 1. The molecule has 0 radical (unpaired) electrons. The Hall–Kier alpha value is -2.94. The molecule has 0 spiro atoms. The minimum Gasteiger partial charge on any atom is -0.378 e. The Labute approximate surface area is 180 Å². The van der Waals surface area contributed by atoms with Crippen LogP contribution in [-0.4, -0.2) is 72.8 Å². The van der Waals surface area contributed by atoms with Gasteiger partial charge in [0.25, 0.3) is 5.56 Å². The smallest absolute Gasteiger partial charge is 0.255 e. The summed E-state index contributed by atoms with van der Waals surface area (Å²) in [6, 6.07) is 7.91. The molecule has 31 heavy (non-hydrogen) atoms. The first-order valence-electron chi connectivity index (χ1n) is 10.8. The van der Waals surface area contributed by atoms with Crippen molar-refractivity contribution in [2.24, 2.45) is 0 Å². The highest BCUT2D eigenvalue weighted by Gasteiger charge is 2.25. The summed E-state index contributed by atoms with van der Waals surface area (Å²) in [6.07, 6.45) is 0.659. The maximum absolute atomic E-state index is 13.2. The van der Waals surface area contributed by atoms with Gasteiger partial charge in [0.2, 0.25) is 11.9 Å². The number of benzene rings is 1. The molecule has 1 aromatic heterocycles. The summed E-state index contributed by atoms with van der Waals surface area (Å²) < 4.78 is 20.1. The second-order valence-corrected chi connectivity index (χ2v) is 7.77. The van der Waals surface area contributed by atoms with Crippen LogP contribution in [0.25, 0.3) is 0 Å². The molecular formula is C22H28FN5O3. The van der Waals surface area contributed by atoms with Crippen molar-refractivity contribution < 1.29 is 13.9 Å². The fourth-order valence-electron chi connectivity index (χ4n) is 3.98. The van der Waals surface area contributed by atoms with Gasteiger partial charge in [-0.25, -0.2) is 9.37 Å². The van der Waals surface area contributed by atoms with Crippen LogP contribution in [0.2, 0.25) is 0 Å². The van der Waals surface area contributed by atoms with Crippen molar-refractivity contribution in [1.29, 1.82) is 0 Å². The number of hydrogen-bond acceptors (Lipinski definition) is 6. The molecule has 2 aromatic rings. The molecule has 2 aliphatic heterocycles. The fourth-order valence-corrected chi connectivity index (χ4v) is 3.98. The summed E-state index contributed by atoms with van der Waals surface area (Å²) in [5.74, 6) is 0.189. The monoisotopic (exact) mass is 429 g/mol. The van der Waals surface area contributed by atoms with E-state index in [1.807, 2.05) is 11.8 Å². The number of rotatable bonds is 5. The fraction of sp³-hybridized carbons (Fsp3) is 0.500. The van der Waals surface area contributed by atoms with Crippen LogP contribution in [0, 0.1) is 5.82 Å². The number of carbonyl (C=O) groups is 1. The van der Waals surface area contributed by atoms with Crippen molar-refractivity contribution in [1.82, 2.24) is 14.5 Å². The third kappa shape index (κ3) is 4.87. The summed E-state index contributed by atoms with van der Waals surface area (Å²) in [6.45, 7) is 6.80. The Bertz CT molecular complexity index is 964. The van der Waals surface area contributed by atoms with Gasteiger partial charge < -0.3 is 19.4 Å². The topological polar surface area (TPSA) is 70.9 Å². The summed E-state index contributed by atoms with van der Waals surface area (Å²) >= 11 is 0. The number of ether oxygens (including phenoxy) is 1. The van der Waals surface area contributed by atoms with Crippen molar-refractivity contribution in [3.63, 3.8) is 0 Å². The zero-order valence-electron chi connectivity index (χ0n) is 17.8. The number of aromatic nitrogens is 2. The second-order valence-electron chi connectivity index (χ2n) is 7.77. The lowest BCUT2D eigenvalue weighted by atomic mass is 10.2. The van der Waals surface area contributed by atoms with E-state index in [9.17, 15) is 14.0 Å². The maximum atomic E-state index is 13.2. The molecule has 8 nitrogen and oxygen atoms in total. The molecule has 0 atom stereocenters. The number of hydrogen-bond donors (Lipinski definition) is 0. The molecule has 2 aliphatic rings. The van der Waals surface area contributed by atoms with Crippen LogP contribution in [-0.2, 0) is 22.5 Å². The molecule has 2 fully saturated rings. The van der Waals surface area contributed by atoms with E-state index in [4.69, 9.17) is 4.74 Å². The highest BCUT2D eigenvalue weighted by molar-refractivity contribution is 5.76. The minimum atomic E-state index is -0.262. The minimum absolute atomic E-state index is 0.0287. The lowest BCUT2D eigenvalue weighted by Gasteiger charge is -2.36. The van der Waals surface area contributed by atoms with Crippen molar-refractivity contribution in [2.75, 3.05) is 62.3 Å². The van der Waals surface area contributed by atoms with Gasteiger partial charge in [-0.2, -0.15) is 0 Å². The number of morpholine rings is 1. The van der Waals surface area contributed by atoms with Crippen LogP contribution in [0.5, 0.6) is 0 Å². The van der Waals surface area contributed by atoms with Gasteiger partial charge in [0.05, 0.1) is 13.2 Å². The van der Waals surface area contributed by atoms with Gasteiger partial charge in [-0.3, -0.25) is 14.2 Å². The molecule has 4 rings (SSSR count). The Kier molecular flexibility index (Phi) is 6.50. The Balaban J connectivity index is 1.46. The molecule has 0 saturated carbocycles. The molecule has 0 bridgehead atoms. The van der Waals surface area contributed by atoms with E-state index in [1.54, 1.807) is 17.0 Å². The highest BCUT2D eigenvalue weighted by Crippen LogP contribution is 2.18. The molecular weight excluding hydrogens is 401 g/mol. The third-order valence-corrected chi connectivity index (χ3v) is 5.81. The number of anilines is 2. The molecule has 0 unspecified atom stereocenters. The largest absolute Gasteiger partial charge is 0.378 e. The van der Waals surface area contributed by atoms with E-state index in [0.717, 1.165) is 11.4 Å². The predicted octanol–water partition coefficient (Wildman–Crippen LogP) is 1.13. The van der Waals surface area contributed by atoms with Crippen LogP contribution in [0.3, 0.4) is 0 Å². The lowest BCUT2D eigenvalue weighted by molar-refractivity contribution is -0.132. The van der Waals surface area contributed by atoms with Crippen LogP contribution in [0.4, 0.5) is 16.0 Å². The van der Waals surface area contributed by atoms with Crippen molar-refractivity contribution in [3.05, 3.63) is 52.2 Å².